The quantitative estimate of drug-likeness (QED) is 0.596. The molecule has 0 saturated carbocycles. The molecule has 0 aliphatic rings. The summed E-state index contributed by atoms with van der Waals surface area (Å²) in [6.45, 7) is 16.6. The van der Waals surface area contributed by atoms with Crippen LogP contribution in [0.3, 0.4) is 0 Å². The Bertz CT molecular complexity index is 186. The first-order chi connectivity index (χ1) is 7.24. The first-order valence-corrected chi connectivity index (χ1v) is 8.12. The van der Waals surface area contributed by atoms with Crippen LogP contribution >= 0.6 is 0 Å². The van der Waals surface area contributed by atoms with Gasteiger partial charge < -0.3 is 4.43 Å². The molecule has 4 nitrogen and oxygen atoms in total. The number of nitrogens with one attached hydrogen (secondary N) is 3. The zero-order chi connectivity index (χ0) is 12.8. The van der Waals surface area contributed by atoms with Gasteiger partial charge in [-0.1, -0.05) is 13.8 Å². The Kier molecular flexibility index (Phi) is 6.73. The Morgan fingerprint density at radius 1 is 1.06 bits per heavy atom. The van der Waals surface area contributed by atoms with Crippen molar-refractivity contribution in [3.63, 3.8) is 0 Å². The monoisotopic (exact) mass is 247 g/mol. The Hall–Kier alpha value is 0.0569. The Balaban J connectivity index is 4.77. The van der Waals surface area contributed by atoms with E-state index in [9.17, 15) is 0 Å². The van der Waals surface area contributed by atoms with Crippen LogP contribution in [0.15, 0.2) is 0 Å². The largest absolute Gasteiger partial charge is 0.440 e. The van der Waals surface area contributed by atoms with Crippen molar-refractivity contribution in [2.24, 2.45) is 0 Å². The van der Waals surface area contributed by atoms with Crippen molar-refractivity contribution in [1.82, 2.24) is 14.9 Å². The summed E-state index contributed by atoms with van der Waals surface area (Å²) >= 11 is 0. The average Bonchev–Trinajstić information content (AvgIpc) is 1.98. The lowest BCUT2D eigenvalue weighted by Gasteiger charge is -2.38. The van der Waals surface area contributed by atoms with Gasteiger partial charge in [0.05, 0.1) is 0 Å². The number of rotatable bonds is 7. The van der Waals surface area contributed by atoms with E-state index in [0.717, 1.165) is 13.1 Å². The van der Waals surface area contributed by atoms with Gasteiger partial charge in [-0.2, -0.15) is 0 Å². The van der Waals surface area contributed by atoms with Crippen LogP contribution in [-0.2, 0) is 4.43 Å². The lowest BCUT2D eigenvalue weighted by molar-refractivity contribution is 0.194. The third-order valence-corrected chi connectivity index (χ3v) is 5.44. The van der Waals surface area contributed by atoms with Gasteiger partial charge in [0.2, 0.25) is 0 Å². The summed E-state index contributed by atoms with van der Waals surface area (Å²) in [5.41, 5.74) is 0.0332. The molecule has 0 aromatic rings. The minimum Gasteiger partial charge on any atom is -0.378 e. The molecule has 16 heavy (non-hydrogen) atoms. The zero-order valence-electron chi connectivity index (χ0n) is 11.9. The second kappa shape index (κ2) is 6.71. The molecule has 5 heteroatoms. The van der Waals surface area contributed by atoms with E-state index in [-0.39, 0.29) is 11.6 Å². The van der Waals surface area contributed by atoms with Crippen molar-refractivity contribution in [2.75, 3.05) is 13.1 Å². The molecular formula is C11H29N3OSi. The highest BCUT2D eigenvalue weighted by Gasteiger charge is 2.40. The van der Waals surface area contributed by atoms with E-state index < -0.39 is 8.80 Å². The molecule has 0 heterocycles. The maximum Gasteiger partial charge on any atom is 0.440 e. The van der Waals surface area contributed by atoms with Crippen LogP contribution in [0.5, 0.6) is 0 Å². The summed E-state index contributed by atoms with van der Waals surface area (Å²) in [6.07, 6.45) is 0.208. The molecule has 0 rings (SSSR count). The van der Waals surface area contributed by atoms with Gasteiger partial charge in [-0.25, -0.2) is 0 Å². The van der Waals surface area contributed by atoms with E-state index in [2.05, 4.69) is 63.4 Å². The molecular weight excluding hydrogens is 218 g/mol. The molecule has 0 saturated heterocycles. The first kappa shape index (κ1) is 16.1. The molecule has 0 spiro atoms. The van der Waals surface area contributed by atoms with E-state index in [1.54, 1.807) is 0 Å². The normalized spacial score (nSPS) is 13.5. The van der Waals surface area contributed by atoms with Gasteiger partial charge in [0.25, 0.3) is 0 Å². The van der Waals surface area contributed by atoms with Gasteiger partial charge in [-0.3, -0.25) is 14.9 Å². The van der Waals surface area contributed by atoms with Crippen LogP contribution in [0, 0.1) is 0 Å². The van der Waals surface area contributed by atoms with Crippen LogP contribution in [0.2, 0.25) is 0 Å². The molecule has 0 fully saturated rings. The van der Waals surface area contributed by atoms with Gasteiger partial charge in [0.1, 0.15) is 0 Å². The van der Waals surface area contributed by atoms with Crippen molar-refractivity contribution in [3.8, 4) is 0 Å². The van der Waals surface area contributed by atoms with Gasteiger partial charge in [-0.05, 0) is 47.7 Å². The minimum atomic E-state index is -2.24. The number of hydrogen-bond acceptors (Lipinski definition) is 4. The lowest BCUT2D eigenvalue weighted by atomic mass is 10.1. The number of hydrogen-bond donors (Lipinski definition) is 3. The fraction of sp³-hybridized carbons (Fsp3) is 1.00. The molecule has 0 radical (unpaired) electrons. The molecule has 0 aliphatic heterocycles. The van der Waals surface area contributed by atoms with E-state index in [4.69, 9.17) is 4.43 Å². The van der Waals surface area contributed by atoms with Crippen LogP contribution in [0.1, 0.15) is 48.5 Å². The summed E-state index contributed by atoms with van der Waals surface area (Å²) < 4.78 is 6.10. The fourth-order valence-corrected chi connectivity index (χ4v) is 4.93. The van der Waals surface area contributed by atoms with Crippen molar-refractivity contribution >= 4 is 8.80 Å². The molecule has 0 aromatic carbocycles. The second-order valence-corrected chi connectivity index (χ2v) is 7.84. The Labute approximate surface area is 102 Å². The molecule has 0 aliphatic carbocycles. The SMILES string of the molecule is CCN[Si](NCC)(NC(C)(C)C)OC(C)C. The van der Waals surface area contributed by atoms with Gasteiger partial charge >= 0.3 is 8.80 Å². The van der Waals surface area contributed by atoms with E-state index in [1.807, 2.05) is 0 Å². The van der Waals surface area contributed by atoms with Crippen molar-refractivity contribution < 1.29 is 4.43 Å². The topological polar surface area (TPSA) is 45.3 Å². The fourth-order valence-electron chi connectivity index (χ4n) is 1.64. The summed E-state index contributed by atoms with van der Waals surface area (Å²) in [4.78, 5) is 10.6. The van der Waals surface area contributed by atoms with E-state index in [1.165, 1.54) is 0 Å². The molecule has 0 bridgehead atoms. The molecule has 0 amide bonds. The van der Waals surface area contributed by atoms with Crippen molar-refractivity contribution in [3.05, 3.63) is 0 Å². The summed E-state index contributed by atoms with van der Waals surface area (Å²) in [5.74, 6) is 0. The Morgan fingerprint density at radius 2 is 1.50 bits per heavy atom. The zero-order valence-corrected chi connectivity index (χ0v) is 12.9. The summed E-state index contributed by atoms with van der Waals surface area (Å²) in [6, 6.07) is 0. The third-order valence-electron chi connectivity index (χ3n) is 1.81. The smallest absolute Gasteiger partial charge is 0.378 e. The molecule has 0 aromatic heterocycles. The minimum absolute atomic E-state index is 0.0332. The van der Waals surface area contributed by atoms with Crippen molar-refractivity contribution in [2.45, 2.75) is 60.1 Å². The summed E-state index contributed by atoms with van der Waals surface area (Å²) in [5, 5.41) is 0. The highest BCUT2D eigenvalue weighted by atomic mass is 28.4. The maximum atomic E-state index is 6.10. The van der Waals surface area contributed by atoms with E-state index >= 15 is 0 Å². The van der Waals surface area contributed by atoms with Gasteiger partial charge in [0, 0.05) is 11.6 Å². The molecule has 0 atom stereocenters. The predicted molar refractivity (Wildman–Crippen MR) is 72.2 cm³/mol. The van der Waals surface area contributed by atoms with Crippen LogP contribution in [-0.4, -0.2) is 33.5 Å². The van der Waals surface area contributed by atoms with E-state index in [0.29, 0.717) is 0 Å². The van der Waals surface area contributed by atoms with Crippen molar-refractivity contribution in [1.29, 1.82) is 0 Å². The highest BCUT2D eigenvalue weighted by molar-refractivity contribution is 6.66. The highest BCUT2D eigenvalue weighted by Crippen LogP contribution is 2.07. The summed E-state index contributed by atoms with van der Waals surface area (Å²) in [7, 11) is -2.24. The lowest BCUT2D eigenvalue weighted by Crippen LogP contribution is -2.78. The van der Waals surface area contributed by atoms with Gasteiger partial charge in [0.15, 0.2) is 0 Å². The second-order valence-electron chi connectivity index (χ2n) is 5.28. The van der Waals surface area contributed by atoms with Crippen LogP contribution in [0.4, 0.5) is 0 Å². The predicted octanol–water partition coefficient (Wildman–Crippen LogP) is 1.45. The van der Waals surface area contributed by atoms with Crippen LogP contribution < -0.4 is 14.9 Å². The average molecular weight is 247 g/mol. The maximum absolute atomic E-state index is 6.10. The standard InChI is InChI=1S/C11H29N3OSi/c1-8-12-16(13-9-2,15-10(3)4)14-11(5,6)7/h10,12-14H,8-9H2,1-7H3. The third kappa shape index (κ3) is 6.60. The molecule has 98 valence electrons. The molecule has 3 N–H and O–H groups in total. The Morgan fingerprint density at radius 3 is 1.75 bits per heavy atom. The first-order valence-electron chi connectivity index (χ1n) is 6.22. The van der Waals surface area contributed by atoms with Crippen LogP contribution in [0.25, 0.3) is 0 Å². The van der Waals surface area contributed by atoms with Gasteiger partial charge in [-0.15, -0.1) is 0 Å². The molecule has 0 unspecified atom stereocenters.